The van der Waals surface area contributed by atoms with Crippen LogP contribution in [0.5, 0.6) is 5.75 Å². The SMILES string of the molecule is Cc1cccn2cc(COc3ccccc3C(=O)Nc3nnc(C(F)F)s3)nc12. The fourth-order valence-corrected chi connectivity index (χ4v) is 3.34. The van der Waals surface area contributed by atoms with Gasteiger partial charge in [0.25, 0.3) is 12.3 Å². The highest BCUT2D eigenvalue weighted by atomic mass is 32.1. The molecule has 0 saturated carbocycles. The number of alkyl halides is 2. The molecule has 4 rings (SSSR count). The monoisotopic (exact) mass is 415 g/mol. The summed E-state index contributed by atoms with van der Waals surface area (Å²) in [6, 6.07) is 10.6. The summed E-state index contributed by atoms with van der Waals surface area (Å²) in [6.07, 6.45) is 1.02. The standard InChI is InChI=1S/C19H15F2N5O2S/c1-11-5-4-8-26-9-12(22-16(11)26)10-28-14-7-3-2-6-13(14)17(27)23-19-25-24-18(29-19)15(20)21/h2-9,15H,10H2,1H3,(H,23,25,27). The molecule has 0 spiro atoms. The van der Waals surface area contributed by atoms with E-state index in [0.29, 0.717) is 22.8 Å². The van der Waals surface area contributed by atoms with Gasteiger partial charge in [-0.25, -0.2) is 13.8 Å². The molecule has 0 radical (unpaired) electrons. The molecule has 0 saturated heterocycles. The molecule has 10 heteroatoms. The van der Waals surface area contributed by atoms with Crippen LogP contribution in [0.1, 0.15) is 33.0 Å². The Morgan fingerprint density at radius 3 is 2.83 bits per heavy atom. The maximum atomic E-state index is 12.6. The Morgan fingerprint density at radius 2 is 2.07 bits per heavy atom. The topological polar surface area (TPSA) is 81.4 Å². The third-order valence-electron chi connectivity index (χ3n) is 4.08. The minimum Gasteiger partial charge on any atom is -0.486 e. The Labute approximate surface area is 168 Å². The van der Waals surface area contributed by atoms with E-state index in [1.54, 1.807) is 24.3 Å². The molecule has 3 heterocycles. The van der Waals surface area contributed by atoms with Crippen LogP contribution in [0.25, 0.3) is 5.65 Å². The summed E-state index contributed by atoms with van der Waals surface area (Å²) in [5.74, 6) is -0.180. The second kappa shape index (κ2) is 7.92. The Hall–Kier alpha value is -3.40. The van der Waals surface area contributed by atoms with Gasteiger partial charge in [-0.1, -0.05) is 29.5 Å². The second-order valence-corrected chi connectivity index (χ2v) is 7.15. The number of nitrogens with one attached hydrogen (secondary N) is 1. The average Bonchev–Trinajstić information content (AvgIpc) is 3.34. The van der Waals surface area contributed by atoms with Gasteiger partial charge in [-0.15, -0.1) is 10.2 Å². The number of hydrogen-bond donors (Lipinski definition) is 1. The molecule has 1 N–H and O–H groups in total. The minimum absolute atomic E-state index is 0.00377. The molecule has 0 atom stereocenters. The van der Waals surface area contributed by atoms with Crippen LogP contribution in [0.3, 0.4) is 0 Å². The molecule has 0 unspecified atom stereocenters. The lowest BCUT2D eigenvalue weighted by molar-refractivity contribution is 0.102. The first-order valence-electron chi connectivity index (χ1n) is 8.59. The minimum atomic E-state index is -2.73. The number of aryl methyl sites for hydroxylation is 1. The number of ether oxygens (including phenoxy) is 1. The van der Waals surface area contributed by atoms with Crippen molar-refractivity contribution >= 4 is 28.0 Å². The van der Waals surface area contributed by atoms with Crippen LogP contribution in [0, 0.1) is 6.92 Å². The molecule has 3 aromatic heterocycles. The maximum absolute atomic E-state index is 12.6. The van der Waals surface area contributed by atoms with Crippen molar-refractivity contribution < 1.29 is 18.3 Å². The number of para-hydroxylation sites is 1. The molecule has 0 aliphatic carbocycles. The number of nitrogens with zero attached hydrogens (tertiary/aromatic N) is 4. The molecule has 1 amide bonds. The lowest BCUT2D eigenvalue weighted by atomic mass is 10.2. The van der Waals surface area contributed by atoms with E-state index in [1.165, 1.54) is 0 Å². The number of benzene rings is 1. The summed E-state index contributed by atoms with van der Waals surface area (Å²) in [6.45, 7) is 2.14. The van der Waals surface area contributed by atoms with Crippen molar-refractivity contribution in [3.8, 4) is 5.75 Å². The van der Waals surface area contributed by atoms with E-state index in [2.05, 4.69) is 20.5 Å². The van der Waals surface area contributed by atoms with Gasteiger partial charge in [-0.3, -0.25) is 10.1 Å². The molecule has 4 aromatic rings. The van der Waals surface area contributed by atoms with Gasteiger partial charge in [-0.05, 0) is 30.7 Å². The molecule has 0 fully saturated rings. The third kappa shape index (κ3) is 4.06. The van der Waals surface area contributed by atoms with Crippen LogP contribution >= 0.6 is 11.3 Å². The number of amides is 1. The molecule has 29 heavy (non-hydrogen) atoms. The van der Waals surface area contributed by atoms with Gasteiger partial charge >= 0.3 is 0 Å². The highest BCUT2D eigenvalue weighted by Gasteiger charge is 2.18. The lowest BCUT2D eigenvalue weighted by Gasteiger charge is -2.09. The number of hydrogen-bond acceptors (Lipinski definition) is 6. The van der Waals surface area contributed by atoms with E-state index in [0.717, 1.165) is 11.2 Å². The summed E-state index contributed by atoms with van der Waals surface area (Å²) in [5.41, 5.74) is 2.84. The average molecular weight is 415 g/mol. The van der Waals surface area contributed by atoms with Crippen LogP contribution in [-0.2, 0) is 6.61 Å². The van der Waals surface area contributed by atoms with Gasteiger partial charge in [-0.2, -0.15) is 0 Å². The van der Waals surface area contributed by atoms with E-state index < -0.39 is 17.3 Å². The molecule has 1 aromatic carbocycles. The van der Waals surface area contributed by atoms with Crippen molar-refractivity contribution in [2.24, 2.45) is 0 Å². The van der Waals surface area contributed by atoms with Crippen molar-refractivity contribution in [2.75, 3.05) is 5.32 Å². The van der Waals surface area contributed by atoms with Crippen LogP contribution < -0.4 is 10.1 Å². The Kier molecular flexibility index (Phi) is 5.17. The Bertz CT molecular complexity index is 1170. The van der Waals surface area contributed by atoms with Crippen LogP contribution in [-0.4, -0.2) is 25.5 Å². The molecule has 0 aliphatic rings. The van der Waals surface area contributed by atoms with E-state index in [9.17, 15) is 13.6 Å². The number of imidazole rings is 1. The Balaban J connectivity index is 1.49. The van der Waals surface area contributed by atoms with Gasteiger partial charge in [0.1, 0.15) is 18.0 Å². The number of fused-ring (bicyclic) bond motifs is 1. The van der Waals surface area contributed by atoms with Crippen molar-refractivity contribution in [3.05, 3.63) is 70.6 Å². The predicted octanol–water partition coefficient (Wildman–Crippen LogP) is 4.26. The molecule has 148 valence electrons. The number of rotatable bonds is 6. The first kappa shape index (κ1) is 18.9. The molecule has 0 bridgehead atoms. The zero-order chi connectivity index (χ0) is 20.4. The number of carbonyl (C=O) groups is 1. The van der Waals surface area contributed by atoms with E-state index >= 15 is 0 Å². The Morgan fingerprint density at radius 1 is 1.24 bits per heavy atom. The van der Waals surface area contributed by atoms with Gasteiger partial charge in [0, 0.05) is 12.4 Å². The third-order valence-corrected chi connectivity index (χ3v) is 4.93. The van der Waals surface area contributed by atoms with E-state index in [4.69, 9.17) is 4.74 Å². The van der Waals surface area contributed by atoms with E-state index in [-0.39, 0.29) is 17.3 Å². The summed E-state index contributed by atoms with van der Waals surface area (Å²) >= 11 is 0.626. The fourth-order valence-electron chi connectivity index (χ4n) is 2.74. The van der Waals surface area contributed by atoms with Gasteiger partial charge in [0.05, 0.1) is 11.3 Å². The fraction of sp³-hybridized carbons (Fsp3) is 0.158. The van der Waals surface area contributed by atoms with Crippen molar-refractivity contribution in [1.29, 1.82) is 0 Å². The quantitative estimate of drug-likeness (QED) is 0.509. The maximum Gasteiger partial charge on any atom is 0.291 e. The van der Waals surface area contributed by atoms with Crippen LogP contribution in [0.4, 0.5) is 13.9 Å². The number of aromatic nitrogens is 4. The first-order valence-corrected chi connectivity index (χ1v) is 9.41. The normalized spacial score (nSPS) is 11.2. The number of carbonyl (C=O) groups excluding carboxylic acids is 1. The van der Waals surface area contributed by atoms with Crippen LogP contribution in [0.15, 0.2) is 48.8 Å². The van der Waals surface area contributed by atoms with Gasteiger partial charge in [0.2, 0.25) is 5.13 Å². The van der Waals surface area contributed by atoms with Crippen LogP contribution in [0.2, 0.25) is 0 Å². The van der Waals surface area contributed by atoms with Gasteiger partial charge < -0.3 is 9.14 Å². The summed E-state index contributed by atoms with van der Waals surface area (Å²) in [4.78, 5) is 17.1. The molecular formula is C19H15F2N5O2S. The smallest absolute Gasteiger partial charge is 0.291 e. The number of pyridine rings is 1. The predicted molar refractivity (Wildman–Crippen MR) is 104 cm³/mol. The summed E-state index contributed by atoms with van der Waals surface area (Å²) in [7, 11) is 0. The highest BCUT2D eigenvalue weighted by Crippen LogP contribution is 2.26. The summed E-state index contributed by atoms with van der Waals surface area (Å²) in [5, 5.41) is 8.93. The van der Waals surface area contributed by atoms with E-state index in [1.807, 2.05) is 35.9 Å². The zero-order valence-electron chi connectivity index (χ0n) is 15.2. The van der Waals surface area contributed by atoms with Crippen molar-refractivity contribution in [3.63, 3.8) is 0 Å². The van der Waals surface area contributed by atoms with Crippen molar-refractivity contribution in [2.45, 2.75) is 20.0 Å². The summed E-state index contributed by atoms with van der Waals surface area (Å²) < 4.78 is 33.0. The molecule has 0 aliphatic heterocycles. The number of halogens is 2. The lowest BCUT2D eigenvalue weighted by Crippen LogP contribution is -2.13. The molecule has 7 nitrogen and oxygen atoms in total. The zero-order valence-corrected chi connectivity index (χ0v) is 16.0. The van der Waals surface area contributed by atoms with Gasteiger partial charge in [0.15, 0.2) is 5.01 Å². The highest BCUT2D eigenvalue weighted by molar-refractivity contribution is 7.15. The number of anilines is 1. The first-order chi connectivity index (χ1) is 14.0. The largest absolute Gasteiger partial charge is 0.486 e. The van der Waals surface area contributed by atoms with Crippen molar-refractivity contribution in [1.82, 2.24) is 19.6 Å². The second-order valence-electron chi connectivity index (χ2n) is 6.14. The molecular weight excluding hydrogens is 400 g/mol.